The van der Waals surface area contributed by atoms with Crippen molar-refractivity contribution in [1.29, 1.82) is 0 Å². The molecule has 5 nitrogen and oxygen atoms in total. The van der Waals surface area contributed by atoms with Gasteiger partial charge in [-0.1, -0.05) is 35.9 Å². The Kier molecular flexibility index (Phi) is 7.12. The average molecular weight is 468 g/mol. The lowest BCUT2D eigenvalue weighted by Crippen LogP contribution is -2.23. The maximum absolute atomic E-state index is 13.3. The molecule has 0 radical (unpaired) electrons. The standard InChI is InChI=1S/C25H20ClF2N3O2/c26-19-5-1-17(2-6-19)13-31(14-18-3-7-20(27)8-4-18)15-24-30-23(16-33-24)25(32)29-22-11-9-21(28)10-12-22/h1-12,16H,13-15H2,(H,29,32). The first-order chi connectivity index (χ1) is 15.9. The minimum absolute atomic E-state index is 0.113. The normalized spacial score (nSPS) is 11.0. The predicted octanol–water partition coefficient (Wildman–Crippen LogP) is 6.06. The fourth-order valence-corrected chi connectivity index (χ4v) is 3.40. The summed E-state index contributed by atoms with van der Waals surface area (Å²) in [5, 5.41) is 3.30. The number of carbonyl (C=O) groups excluding carboxylic acids is 1. The molecule has 8 heteroatoms. The van der Waals surface area contributed by atoms with E-state index >= 15 is 0 Å². The number of aromatic nitrogens is 1. The van der Waals surface area contributed by atoms with Crippen LogP contribution in [0.4, 0.5) is 14.5 Å². The van der Waals surface area contributed by atoms with Crippen LogP contribution in [-0.2, 0) is 19.6 Å². The monoisotopic (exact) mass is 467 g/mol. The zero-order chi connectivity index (χ0) is 23.2. The van der Waals surface area contributed by atoms with Crippen LogP contribution in [0, 0.1) is 11.6 Å². The Labute approximate surface area is 194 Å². The number of amides is 1. The van der Waals surface area contributed by atoms with Gasteiger partial charge in [0, 0.05) is 23.8 Å². The van der Waals surface area contributed by atoms with E-state index in [1.165, 1.54) is 42.7 Å². The molecule has 0 bridgehead atoms. The van der Waals surface area contributed by atoms with Crippen molar-refractivity contribution in [3.05, 3.63) is 118 Å². The summed E-state index contributed by atoms with van der Waals surface area (Å²) in [6, 6.07) is 19.2. The second-order valence-electron chi connectivity index (χ2n) is 7.49. The molecule has 4 rings (SSSR count). The summed E-state index contributed by atoms with van der Waals surface area (Å²) in [5.41, 5.74) is 2.52. The third-order valence-electron chi connectivity index (χ3n) is 4.88. The van der Waals surface area contributed by atoms with Crippen molar-refractivity contribution in [3.8, 4) is 0 Å². The Morgan fingerprint density at radius 2 is 1.39 bits per heavy atom. The molecule has 168 valence electrons. The highest BCUT2D eigenvalue weighted by Gasteiger charge is 2.16. The van der Waals surface area contributed by atoms with Crippen LogP contribution in [0.25, 0.3) is 0 Å². The summed E-state index contributed by atoms with van der Waals surface area (Å²) in [7, 11) is 0. The Balaban J connectivity index is 1.47. The number of oxazole rings is 1. The van der Waals surface area contributed by atoms with Gasteiger partial charge in [-0.2, -0.15) is 0 Å². The van der Waals surface area contributed by atoms with E-state index in [1.807, 2.05) is 24.3 Å². The second-order valence-corrected chi connectivity index (χ2v) is 7.92. The Morgan fingerprint density at radius 1 is 0.848 bits per heavy atom. The van der Waals surface area contributed by atoms with Crippen LogP contribution in [0.3, 0.4) is 0 Å². The third kappa shape index (κ3) is 6.47. The van der Waals surface area contributed by atoms with Crippen molar-refractivity contribution in [1.82, 2.24) is 9.88 Å². The number of hydrogen-bond donors (Lipinski definition) is 1. The van der Waals surface area contributed by atoms with Gasteiger partial charge in [0.15, 0.2) is 5.69 Å². The van der Waals surface area contributed by atoms with Gasteiger partial charge in [0.1, 0.15) is 17.9 Å². The van der Waals surface area contributed by atoms with Crippen molar-refractivity contribution >= 4 is 23.2 Å². The van der Waals surface area contributed by atoms with Gasteiger partial charge in [0.2, 0.25) is 5.89 Å². The lowest BCUT2D eigenvalue weighted by atomic mass is 10.1. The van der Waals surface area contributed by atoms with Gasteiger partial charge in [0.05, 0.1) is 6.54 Å². The Morgan fingerprint density at radius 3 is 2.00 bits per heavy atom. The van der Waals surface area contributed by atoms with Gasteiger partial charge in [-0.25, -0.2) is 13.8 Å². The molecule has 4 aromatic rings. The van der Waals surface area contributed by atoms with E-state index in [4.69, 9.17) is 16.0 Å². The van der Waals surface area contributed by atoms with Crippen LogP contribution in [0.5, 0.6) is 0 Å². The van der Waals surface area contributed by atoms with Gasteiger partial charge >= 0.3 is 0 Å². The van der Waals surface area contributed by atoms with Crippen LogP contribution in [-0.4, -0.2) is 15.8 Å². The lowest BCUT2D eigenvalue weighted by Gasteiger charge is -2.21. The smallest absolute Gasteiger partial charge is 0.277 e. The largest absolute Gasteiger partial charge is 0.447 e. The van der Waals surface area contributed by atoms with Crippen LogP contribution in [0.2, 0.25) is 5.02 Å². The SMILES string of the molecule is O=C(Nc1ccc(F)cc1)c1coc(CN(Cc2ccc(F)cc2)Cc2ccc(Cl)cc2)n1. The van der Waals surface area contributed by atoms with E-state index in [-0.39, 0.29) is 11.5 Å². The quantitative estimate of drug-likeness (QED) is 0.342. The molecule has 0 spiro atoms. The highest BCUT2D eigenvalue weighted by Crippen LogP contribution is 2.17. The lowest BCUT2D eigenvalue weighted by molar-refractivity contribution is 0.102. The van der Waals surface area contributed by atoms with Crippen molar-refractivity contribution in [2.24, 2.45) is 0 Å². The highest BCUT2D eigenvalue weighted by atomic mass is 35.5. The maximum Gasteiger partial charge on any atom is 0.277 e. The van der Waals surface area contributed by atoms with Gasteiger partial charge in [-0.3, -0.25) is 9.69 Å². The first-order valence-electron chi connectivity index (χ1n) is 10.2. The summed E-state index contributed by atoms with van der Waals surface area (Å²) in [5.74, 6) is -0.791. The number of nitrogens with zero attached hydrogens (tertiary/aromatic N) is 2. The second kappa shape index (κ2) is 10.4. The number of benzene rings is 3. The molecule has 1 N–H and O–H groups in total. The van der Waals surface area contributed by atoms with Crippen LogP contribution in [0.1, 0.15) is 27.5 Å². The minimum atomic E-state index is -0.459. The summed E-state index contributed by atoms with van der Waals surface area (Å²) >= 11 is 5.99. The molecule has 0 aliphatic carbocycles. The Bertz CT molecular complexity index is 1160. The number of carbonyl (C=O) groups is 1. The Hall–Kier alpha value is -3.55. The number of nitrogens with one attached hydrogen (secondary N) is 1. The van der Waals surface area contributed by atoms with E-state index in [9.17, 15) is 13.6 Å². The fraction of sp³-hybridized carbons (Fsp3) is 0.120. The van der Waals surface area contributed by atoms with Gasteiger partial charge in [-0.05, 0) is 59.7 Å². The molecule has 0 aliphatic heterocycles. The summed E-state index contributed by atoms with van der Waals surface area (Å²) in [6.07, 6.45) is 1.28. The van der Waals surface area contributed by atoms with E-state index in [1.54, 1.807) is 12.1 Å². The van der Waals surface area contributed by atoms with Gasteiger partial charge in [0.25, 0.3) is 5.91 Å². The fourth-order valence-electron chi connectivity index (χ4n) is 3.27. The molecule has 0 fully saturated rings. The first kappa shape index (κ1) is 22.6. The van der Waals surface area contributed by atoms with E-state index in [2.05, 4.69) is 15.2 Å². The molecular weight excluding hydrogens is 448 g/mol. The van der Waals surface area contributed by atoms with Crippen LogP contribution in [0.15, 0.2) is 83.5 Å². The van der Waals surface area contributed by atoms with Crippen LogP contribution < -0.4 is 5.32 Å². The molecule has 1 amide bonds. The molecule has 0 atom stereocenters. The highest BCUT2D eigenvalue weighted by molar-refractivity contribution is 6.30. The molecule has 1 heterocycles. The molecule has 0 unspecified atom stereocenters. The zero-order valence-electron chi connectivity index (χ0n) is 17.5. The molecule has 0 aliphatic rings. The van der Waals surface area contributed by atoms with Crippen molar-refractivity contribution in [2.45, 2.75) is 19.6 Å². The number of rotatable bonds is 8. The zero-order valence-corrected chi connectivity index (χ0v) is 18.2. The third-order valence-corrected chi connectivity index (χ3v) is 5.14. The van der Waals surface area contributed by atoms with Gasteiger partial charge < -0.3 is 9.73 Å². The van der Waals surface area contributed by atoms with Crippen LogP contribution >= 0.6 is 11.6 Å². The summed E-state index contributed by atoms with van der Waals surface area (Å²) in [6.45, 7) is 1.40. The predicted molar refractivity (Wildman–Crippen MR) is 122 cm³/mol. The van der Waals surface area contributed by atoms with E-state index < -0.39 is 11.7 Å². The number of anilines is 1. The molecule has 3 aromatic carbocycles. The molecule has 1 aromatic heterocycles. The van der Waals surface area contributed by atoms with E-state index in [0.717, 1.165) is 11.1 Å². The average Bonchev–Trinajstić information content (AvgIpc) is 3.27. The summed E-state index contributed by atoms with van der Waals surface area (Å²) < 4.78 is 31.9. The molecule has 33 heavy (non-hydrogen) atoms. The molecule has 0 saturated carbocycles. The van der Waals surface area contributed by atoms with E-state index in [0.29, 0.717) is 36.2 Å². The topological polar surface area (TPSA) is 58.4 Å². The number of halogens is 3. The maximum atomic E-state index is 13.3. The molecule has 0 saturated heterocycles. The minimum Gasteiger partial charge on any atom is -0.447 e. The van der Waals surface area contributed by atoms with Crippen molar-refractivity contribution in [3.63, 3.8) is 0 Å². The van der Waals surface area contributed by atoms with Crippen molar-refractivity contribution in [2.75, 3.05) is 5.32 Å². The molecular formula is C25H20ClF2N3O2. The van der Waals surface area contributed by atoms with Crippen molar-refractivity contribution < 1.29 is 18.0 Å². The first-order valence-corrected chi connectivity index (χ1v) is 10.5. The number of hydrogen-bond acceptors (Lipinski definition) is 4. The summed E-state index contributed by atoms with van der Waals surface area (Å²) in [4.78, 5) is 18.8. The van der Waals surface area contributed by atoms with Gasteiger partial charge in [-0.15, -0.1) is 0 Å².